The Labute approximate surface area is 163 Å². The maximum Gasteiger partial charge on any atom is 0.251 e. The summed E-state index contributed by atoms with van der Waals surface area (Å²) in [5.41, 5.74) is 1.61. The number of carbonyl (C=O) groups is 2. The molecule has 0 aliphatic rings. The maximum absolute atomic E-state index is 12.4. The van der Waals surface area contributed by atoms with Crippen LogP contribution in [0.15, 0.2) is 71.6 Å². The first-order valence-electron chi connectivity index (χ1n) is 8.71. The zero-order chi connectivity index (χ0) is 19.2. The van der Waals surface area contributed by atoms with E-state index in [1.165, 1.54) is 4.90 Å². The Bertz CT molecular complexity index is 954. The summed E-state index contributed by atoms with van der Waals surface area (Å²) in [5, 5.41) is 4.80. The van der Waals surface area contributed by atoms with E-state index in [0.29, 0.717) is 12.1 Å². The monoisotopic (exact) mass is 378 g/mol. The fourth-order valence-corrected chi connectivity index (χ4v) is 3.22. The van der Waals surface area contributed by atoms with E-state index in [4.69, 9.17) is 0 Å². The molecule has 2 amide bonds. The predicted molar refractivity (Wildman–Crippen MR) is 111 cm³/mol. The largest absolute Gasteiger partial charge is 0.343 e. The molecule has 138 valence electrons. The predicted octanol–water partition coefficient (Wildman–Crippen LogP) is 3.95. The molecule has 1 N–H and O–H groups in total. The van der Waals surface area contributed by atoms with E-state index in [2.05, 4.69) is 5.32 Å². The van der Waals surface area contributed by atoms with Crippen LogP contribution in [0.4, 0.5) is 0 Å². The van der Waals surface area contributed by atoms with Crippen LogP contribution in [0.2, 0.25) is 0 Å². The minimum atomic E-state index is -0.244. The molecule has 0 bridgehead atoms. The Morgan fingerprint density at radius 2 is 1.67 bits per heavy atom. The molecule has 0 saturated carbocycles. The molecule has 0 fully saturated rings. The smallest absolute Gasteiger partial charge is 0.251 e. The lowest BCUT2D eigenvalue weighted by Gasteiger charge is -2.18. The number of hydrogen-bond acceptors (Lipinski definition) is 3. The van der Waals surface area contributed by atoms with Gasteiger partial charge in [0, 0.05) is 24.1 Å². The van der Waals surface area contributed by atoms with Crippen LogP contribution in [0.3, 0.4) is 0 Å². The average Bonchev–Trinajstić information content (AvgIpc) is 2.71. The molecule has 27 heavy (non-hydrogen) atoms. The summed E-state index contributed by atoms with van der Waals surface area (Å²) in [5.74, 6) is -0.370. The molecule has 0 heterocycles. The van der Waals surface area contributed by atoms with Crippen LogP contribution >= 0.6 is 11.8 Å². The third-order valence-corrected chi connectivity index (χ3v) is 5.16. The lowest BCUT2D eigenvalue weighted by atomic mass is 10.1. The number of carbonyl (C=O) groups excluding carboxylic acids is 2. The number of nitrogens with one attached hydrogen (secondary N) is 1. The van der Waals surface area contributed by atoms with E-state index in [1.807, 2.05) is 66.9 Å². The van der Waals surface area contributed by atoms with Crippen molar-refractivity contribution in [1.29, 1.82) is 0 Å². The Hall–Kier alpha value is -2.79. The van der Waals surface area contributed by atoms with Crippen molar-refractivity contribution in [2.45, 2.75) is 11.4 Å². The highest BCUT2D eigenvalue weighted by molar-refractivity contribution is 7.98. The van der Waals surface area contributed by atoms with Gasteiger partial charge in [0.25, 0.3) is 5.91 Å². The highest BCUT2D eigenvalue weighted by atomic mass is 32.2. The highest BCUT2D eigenvalue weighted by Crippen LogP contribution is 2.16. The van der Waals surface area contributed by atoms with Gasteiger partial charge in [0.1, 0.15) is 0 Å². The summed E-state index contributed by atoms with van der Waals surface area (Å²) < 4.78 is 0. The van der Waals surface area contributed by atoms with Gasteiger partial charge in [-0.05, 0) is 46.9 Å². The van der Waals surface area contributed by atoms with Gasteiger partial charge in [0.2, 0.25) is 5.91 Å². The van der Waals surface area contributed by atoms with Crippen molar-refractivity contribution in [3.05, 3.63) is 77.9 Å². The van der Waals surface area contributed by atoms with Crippen LogP contribution < -0.4 is 5.32 Å². The number of hydrogen-bond donors (Lipinski definition) is 1. The Kier molecular flexibility index (Phi) is 6.14. The van der Waals surface area contributed by atoms with E-state index in [9.17, 15) is 9.59 Å². The van der Waals surface area contributed by atoms with Crippen LogP contribution in [0.5, 0.6) is 0 Å². The second-order valence-corrected chi connectivity index (χ2v) is 7.22. The molecule has 5 heteroatoms. The molecular formula is C22H22N2O2S. The average molecular weight is 378 g/mol. The minimum absolute atomic E-state index is 0.0228. The molecule has 0 unspecified atom stereocenters. The molecule has 4 nitrogen and oxygen atoms in total. The third-order valence-electron chi connectivity index (χ3n) is 4.42. The molecule has 0 radical (unpaired) electrons. The van der Waals surface area contributed by atoms with E-state index < -0.39 is 0 Å². The Morgan fingerprint density at radius 3 is 2.37 bits per heavy atom. The fourth-order valence-electron chi connectivity index (χ4n) is 2.82. The van der Waals surface area contributed by atoms with E-state index in [-0.39, 0.29) is 18.4 Å². The van der Waals surface area contributed by atoms with Crippen molar-refractivity contribution in [3.63, 3.8) is 0 Å². The third kappa shape index (κ3) is 4.89. The summed E-state index contributed by atoms with van der Waals surface area (Å²) in [6, 6.07) is 21.5. The van der Waals surface area contributed by atoms with E-state index in [0.717, 1.165) is 16.3 Å². The standard InChI is InChI=1S/C22H22N2O2S/c1-24(15-16-7-11-20(27-2)12-8-16)21(25)14-23-22(26)19-10-9-17-5-3-4-6-18(17)13-19/h3-13H,14-15H2,1-2H3,(H,23,26). The zero-order valence-corrected chi connectivity index (χ0v) is 16.3. The van der Waals surface area contributed by atoms with Crippen LogP contribution in [-0.4, -0.2) is 36.6 Å². The molecule has 3 aromatic rings. The first-order valence-corrected chi connectivity index (χ1v) is 9.93. The van der Waals surface area contributed by atoms with Gasteiger partial charge in [-0.25, -0.2) is 0 Å². The number of rotatable bonds is 6. The van der Waals surface area contributed by atoms with Crippen LogP contribution in [0.25, 0.3) is 10.8 Å². The Balaban J connectivity index is 1.55. The van der Waals surface area contributed by atoms with Gasteiger partial charge in [-0.1, -0.05) is 42.5 Å². The van der Waals surface area contributed by atoms with Crippen molar-refractivity contribution in [2.75, 3.05) is 19.8 Å². The Morgan fingerprint density at radius 1 is 0.963 bits per heavy atom. The van der Waals surface area contributed by atoms with Crippen LogP contribution in [-0.2, 0) is 11.3 Å². The molecule has 3 aromatic carbocycles. The number of amides is 2. The van der Waals surface area contributed by atoms with Gasteiger partial charge in [-0.15, -0.1) is 11.8 Å². The van der Waals surface area contributed by atoms with E-state index >= 15 is 0 Å². The lowest BCUT2D eigenvalue weighted by molar-refractivity contribution is -0.129. The summed E-state index contributed by atoms with van der Waals surface area (Å²) in [4.78, 5) is 27.5. The molecule has 0 atom stereocenters. The van der Waals surface area contributed by atoms with Crippen molar-refractivity contribution >= 4 is 34.3 Å². The van der Waals surface area contributed by atoms with Crippen LogP contribution in [0.1, 0.15) is 15.9 Å². The van der Waals surface area contributed by atoms with E-state index in [1.54, 1.807) is 29.8 Å². The summed E-state index contributed by atoms with van der Waals surface area (Å²) in [6.07, 6.45) is 2.03. The second-order valence-electron chi connectivity index (χ2n) is 6.34. The molecule has 3 rings (SSSR count). The van der Waals surface area contributed by atoms with Gasteiger partial charge >= 0.3 is 0 Å². The van der Waals surface area contributed by atoms with Gasteiger partial charge in [0.15, 0.2) is 0 Å². The summed E-state index contributed by atoms with van der Waals surface area (Å²) in [6.45, 7) is 0.490. The zero-order valence-electron chi connectivity index (χ0n) is 15.4. The number of benzene rings is 3. The molecule has 0 aromatic heterocycles. The maximum atomic E-state index is 12.4. The van der Waals surface area contributed by atoms with Gasteiger partial charge in [-0.2, -0.15) is 0 Å². The first-order chi connectivity index (χ1) is 13.1. The molecule has 0 aliphatic carbocycles. The van der Waals surface area contributed by atoms with Crippen molar-refractivity contribution in [3.8, 4) is 0 Å². The summed E-state index contributed by atoms with van der Waals surface area (Å²) in [7, 11) is 1.74. The number of fused-ring (bicyclic) bond motifs is 1. The molecular weight excluding hydrogens is 356 g/mol. The van der Waals surface area contributed by atoms with Crippen molar-refractivity contribution < 1.29 is 9.59 Å². The number of thioether (sulfide) groups is 1. The highest BCUT2D eigenvalue weighted by Gasteiger charge is 2.12. The molecule has 0 saturated heterocycles. The fraction of sp³-hybridized carbons (Fsp3) is 0.182. The number of nitrogens with zero attached hydrogens (tertiary/aromatic N) is 1. The normalized spacial score (nSPS) is 10.6. The van der Waals surface area contributed by atoms with Gasteiger partial charge in [0.05, 0.1) is 6.54 Å². The molecule has 0 spiro atoms. The first kappa shape index (κ1) is 19.0. The SMILES string of the molecule is CSc1ccc(CN(C)C(=O)CNC(=O)c2ccc3ccccc3c2)cc1. The second kappa shape index (κ2) is 8.73. The minimum Gasteiger partial charge on any atom is -0.343 e. The van der Waals surface area contributed by atoms with Gasteiger partial charge in [-0.3, -0.25) is 9.59 Å². The topological polar surface area (TPSA) is 49.4 Å². The van der Waals surface area contributed by atoms with Crippen molar-refractivity contribution in [2.24, 2.45) is 0 Å². The molecule has 0 aliphatic heterocycles. The quantitative estimate of drug-likeness (QED) is 0.661. The lowest BCUT2D eigenvalue weighted by Crippen LogP contribution is -2.37. The summed E-state index contributed by atoms with van der Waals surface area (Å²) >= 11 is 1.68. The van der Waals surface area contributed by atoms with Crippen molar-refractivity contribution in [1.82, 2.24) is 10.2 Å². The number of likely N-dealkylation sites (N-methyl/N-ethyl adjacent to an activating group) is 1. The van der Waals surface area contributed by atoms with Crippen LogP contribution in [0, 0.1) is 0 Å². The van der Waals surface area contributed by atoms with Gasteiger partial charge < -0.3 is 10.2 Å².